The number of hydrogen-bond acceptors (Lipinski definition) is 3. The second-order valence-corrected chi connectivity index (χ2v) is 6.33. The lowest BCUT2D eigenvalue weighted by Gasteiger charge is -2.40. The molecule has 1 atom stereocenters. The van der Waals surface area contributed by atoms with E-state index in [0.29, 0.717) is 6.04 Å². The minimum atomic E-state index is 0.539. The average Bonchev–Trinajstić information content (AvgIpc) is 2.50. The van der Waals surface area contributed by atoms with Crippen LogP contribution < -0.4 is 5.32 Å². The van der Waals surface area contributed by atoms with Gasteiger partial charge in [0.1, 0.15) is 0 Å². The lowest BCUT2D eigenvalue weighted by atomic mass is 9.81. The molecule has 0 amide bonds. The molecule has 1 aromatic rings. The highest BCUT2D eigenvalue weighted by molar-refractivity contribution is 5.15. The summed E-state index contributed by atoms with van der Waals surface area (Å²) >= 11 is 0. The molecule has 2 heterocycles. The average molecular weight is 273 g/mol. The Labute approximate surface area is 122 Å². The van der Waals surface area contributed by atoms with E-state index >= 15 is 0 Å². The fourth-order valence-electron chi connectivity index (χ4n) is 3.87. The van der Waals surface area contributed by atoms with Crippen molar-refractivity contribution in [2.45, 2.75) is 45.1 Å². The fraction of sp³-hybridized carbons (Fsp3) is 0.706. The van der Waals surface area contributed by atoms with Gasteiger partial charge in [0.2, 0.25) is 0 Å². The van der Waals surface area contributed by atoms with Crippen molar-refractivity contribution in [3.05, 3.63) is 29.6 Å². The zero-order chi connectivity index (χ0) is 13.8. The van der Waals surface area contributed by atoms with E-state index in [1.165, 1.54) is 37.8 Å². The van der Waals surface area contributed by atoms with Gasteiger partial charge in [-0.05, 0) is 37.8 Å². The normalized spacial score (nSPS) is 23.6. The summed E-state index contributed by atoms with van der Waals surface area (Å²) < 4.78 is 0. The molecular formula is C17H27N3. The fourth-order valence-corrected chi connectivity index (χ4v) is 3.87. The molecule has 0 aromatic carbocycles. The summed E-state index contributed by atoms with van der Waals surface area (Å²) in [4.78, 5) is 7.54. The third-order valence-electron chi connectivity index (χ3n) is 4.85. The van der Waals surface area contributed by atoms with Crippen LogP contribution in [0.15, 0.2) is 18.2 Å². The predicted octanol–water partition coefficient (Wildman–Crippen LogP) is 2.92. The molecule has 0 spiro atoms. The lowest BCUT2D eigenvalue weighted by Crippen LogP contribution is -2.47. The molecule has 3 nitrogen and oxygen atoms in total. The van der Waals surface area contributed by atoms with Gasteiger partial charge in [-0.3, -0.25) is 9.88 Å². The molecule has 3 rings (SSSR count). The number of nitrogens with zero attached hydrogens (tertiary/aromatic N) is 2. The Balaban J connectivity index is 1.85. The number of aryl methyl sites for hydroxylation is 1. The Hall–Kier alpha value is -0.930. The third-order valence-corrected chi connectivity index (χ3v) is 4.85. The molecule has 20 heavy (non-hydrogen) atoms. The standard InChI is InChI=1S/C17H27N3/c1-14-6-5-9-16(19-14)17(15-7-3-2-4-8-15)20-12-10-18-11-13-20/h5-6,9,15,17-18H,2-4,7-8,10-13H2,1H3/t17-/m1/s1. The maximum Gasteiger partial charge on any atom is 0.0581 e. The lowest BCUT2D eigenvalue weighted by molar-refractivity contribution is 0.100. The van der Waals surface area contributed by atoms with E-state index in [4.69, 9.17) is 4.98 Å². The molecule has 1 aromatic heterocycles. The van der Waals surface area contributed by atoms with Crippen molar-refractivity contribution >= 4 is 0 Å². The van der Waals surface area contributed by atoms with Gasteiger partial charge in [-0.1, -0.05) is 25.3 Å². The molecular weight excluding hydrogens is 246 g/mol. The van der Waals surface area contributed by atoms with Crippen molar-refractivity contribution in [1.82, 2.24) is 15.2 Å². The largest absolute Gasteiger partial charge is 0.314 e. The van der Waals surface area contributed by atoms with Crippen LogP contribution in [-0.4, -0.2) is 36.1 Å². The van der Waals surface area contributed by atoms with E-state index in [0.717, 1.165) is 37.8 Å². The minimum absolute atomic E-state index is 0.539. The highest BCUT2D eigenvalue weighted by Crippen LogP contribution is 2.37. The van der Waals surface area contributed by atoms with Gasteiger partial charge in [0.25, 0.3) is 0 Å². The summed E-state index contributed by atoms with van der Waals surface area (Å²) in [6, 6.07) is 7.07. The van der Waals surface area contributed by atoms with Gasteiger partial charge < -0.3 is 5.32 Å². The second-order valence-electron chi connectivity index (χ2n) is 6.33. The number of hydrogen-bond donors (Lipinski definition) is 1. The summed E-state index contributed by atoms with van der Waals surface area (Å²) in [5.41, 5.74) is 2.46. The first kappa shape index (κ1) is 14.0. The number of aromatic nitrogens is 1. The minimum Gasteiger partial charge on any atom is -0.314 e. The number of pyridine rings is 1. The van der Waals surface area contributed by atoms with E-state index in [2.05, 4.69) is 35.3 Å². The quantitative estimate of drug-likeness (QED) is 0.918. The van der Waals surface area contributed by atoms with Gasteiger partial charge in [0, 0.05) is 31.9 Å². The van der Waals surface area contributed by atoms with Crippen LogP contribution in [-0.2, 0) is 0 Å². The SMILES string of the molecule is Cc1cccc([C@@H](C2CCCCC2)N2CCNCC2)n1. The van der Waals surface area contributed by atoms with Crippen LogP contribution in [0.1, 0.15) is 49.5 Å². The van der Waals surface area contributed by atoms with E-state index in [-0.39, 0.29) is 0 Å². The first-order chi connectivity index (χ1) is 9.84. The molecule has 0 radical (unpaired) electrons. The number of rotatable bonds is 3. The summed E-state index contributed by atoms with van der Waals surface area (Å²) in [7, 11) is 0. The van der Waals surface area contributed by atoms with Gasteiger partial charge in [-0.15, -0.1) is 0 Å². The maximum absolute atomic E-state index is 4.86. The van der Waals surface area contributed by atoms with Crippen molar-refractivity contribution in [2.75, 3.05) is 26.2 Å². The zero-order valence-electron chi connectivity index (χ0n) is 12.6. The van der Waals surface area contributed by atoms with Crippen molar-refractivity contribution in [2.24, 2.45) is 5.92 Å². The van der Waals surface area contributed by atoms with Gasteiger partial charge in [-0.25, -0.2) is 0 Å². The molecule has 1 saturated carbocycles. The number of nitrogens with one attached hydrogen (secondary N) is 1. The van der Waals surface area contributed by atoms with E-state index in [1.54, 1.807) is 0 Å². The number of piperazine rings is 1. The smallest absolute Gasteiger partial charge is 0.0581 e. The van der Waals surface area contributed by atoms with Crippen LogP contribution in [0.5, 0.6) is 0 Å². The van der Waals surface area contributed by atoms with Gasteiger partial charge in [0.15, 0.2) is 0 Å². The molecule has 1 saturated heterocycles. The van der Waals surface area contributed by atoms with E-state index < -0.39 is 0 Å². The summed E-state index contributed by atoms with van der Waals surface area (Å²) in [6.45, 7) is 6.68. The van der Waals surface area contributed by atoms with E-state index in [1.807, 2.05) is 0 Å². The molecule has 1 aliphatic heterocycles. The topological polar surface area (TPSA) is 28.2 Å². The Kier molecular flexibility index (Phi) is 4.69. The summed E-state index contributed by atoms with van der Waals surface area (Å²) in [5, 5.41) is 3.47. The molecule has 110 valence electrons. The van der Waals surface area contributed by atoms with Gasteiger partial charge in [0.05, 0.1) is 11.7 Å². The molecule has 3 heteroatoms. The Morgan fingerprint density at radius 2 is 1.90 bits per heavy atom. The molecule has 1 N–H and O–H groups in total. The predicted molar refractivity (Wildman–Crippen MR) is 82.7 cm³/mol. The highest BCUT2D eigenvalue weighted by Gasteiger charge is 2.31. The van der Waals surface area contributed by atoms with Crippen LogP contribution in [0, 0.1) is 12.8 Å². The Bertz CT molecular complexity index is 402. The van der Waals surface area contributed by atoms with Crippen LogP contribution >= 0.6 is 0 Å². The monoisotopic (exact) mass is 273 g/mol. The zero-order valence-corrected chi connectivity index (χ0v) is 12.6. The van der Waals surface area contributed by atoms with Crippen molar-refractivity contribution in [3.63, 3.8) is 0 Å². The van der Waals surface area contributed by atoms with Crippen LogP contribution in [0.4, 0.5) is 0 Å². The molecule has 0 unspecified atom stereocenters. The molecule has 0 bridgehead atoms. The first-order valence-electron chi connectivity index (χ1n) is 8.23. The Morgan fingerprint density at radius 1 is 1.15 bits per heavy atom. The first-order valence-corrected chi connectivity index (χ1v) is 8.23. The highest BCUT2D eigenvalue weighted by atomic mass is 15.2. The summed E-state index contributed by atoms with van der Waals surface area (Å²) in [6.07, 6.45) is 6.98. The molecule has 1 aliphatic carbocycles. The Morgan fingerprint density at radius 3 is 2.60 bits per heavy atom. The van der Waals surface area contributed by atoms with E-state index in [9.17, 15) is 0 Å². The van der Waals surface area contributed by atoms with Gasteiger partial charge in [-0.2, -0.15) is 0 Å². The van der Waals surface area contributed by atoms with Crippen LogP contribution in [0.3, 0.4) is 0 Å². The van der Waals surface area contributed by atoms with Crippen molar-refractivity contribution in [3.8, 4) is 0 Å². The van der Waals surface area contributed by atoms with Crippen LogP contribution in [0.2, 0.25) is 0 Å². The molecule has 2 fully saturated rings. The van der Waals surface area contributed by atoms with Crippen molar-refractivity contribution in [1.29, 1.82) is 0 Å². The summed E-state index contributed by atoms with van der Waals surface area (Å²) in [5.74, 6) is 0.802. The van der Waals surface area contributed by atoms with Crippen LogP contribution in [0.25, 0.3) is 0 Å². The second kappa shape index (κ2) is 6.68. The molecule has 2 aliphatic rings. The maximum atomic E-state index is 4.86. The van der Waals surface area contributed by atoms with Gasteiger partial charge >= 0.3 is 0 Å². The van der Waals surface area contributed by atoms with Crippen molar-refractivity contribution < 1.29 is 0 Å². The third kappa shape index (κ3) is 3.21.